The number of rotatable bonds is 3. The fourth-order valence-corrected chi connectivity index (χ4v) is 3.66. The van der Waals surface area contributed by atoms with E-state index in [0.717, 1.165) is 32.1 Å². The van der Waals surface area contributed by atoms with Crippen LogP contribution in [-0.4, -0.2) is 28.1 Å². The number of nitrogens with one attached hydrogen (secondary N) is 1. The third-order valence-corrected chi connectivity index (χ3v) is 4.96. The zero-order valence-corrected chi connectivity index (χ0v) is 12.3. The summed E-state index contributed by atoms with van der Waals surface area (Å²) >= 11 is 0. The number of carboxylic acid groups (broad SMARTS) is 1. The second kappa shape index (κ2) is 5.72. The van der Waals surface area contributed by atoms with Crippen LogP contribution in [0.4, 0.5) is 0 Å². The van der Waals surface area contributed by atoms with Crippen molar-refractivity contribution in [2.24, 2.45) is 11.7 Å². The lowest BCUT2D eigenvalue weighted by molar-refractivity contribution is -0.151. The van der Waals surface area contributed by atoms with Crippen LogP contribution in [0.1, 0.15) is 64.7 Å². The molecule has 5 heteroatoms. The molecule has 2 aliphatic rings. The maximum Gasteiger partial charge on any atom is 0.329 e. The van der Waals surface area contributed by atoms with E-state index in [4.69, 9.17) is 5.73 Å². The van der Waals surface area contributed by atoms with Crippen LogP contribution in [0, 0.1) is 5.92 Å². The SMILES string of the molecule is CC1CCCC(NC(=O)C2(N)CCCCC2)(C(=O)O)C1. The second-order valence-corrected chi connectivity index (χ2v) is 6.76. The molecule has 0 aromatic rings. The summed E-state index contributed by atoms with van der Waals surface area (Å²) in [5.41, 5.74) is 4.22. The fourth-order valence-electron chi connectivity index (χ4n) is 3.66. The van der Waals surface area contributed by atoms with Crippen molar-refractivity contribution in [3.63, 3.8) is 0 Å². The summed E-state index contributed by atoms with van der Waals surface area (Å²) < 4.78 is 0. The number of carboxylic acids is 1. The highest BCUT2D eigenvalue weighted by atomic mass is 16.4. The first-order chi connectivity index (χ1) is 9.38. The normalized spacial score (nSPS) is 33.4. The van der Waals surface area contributed by atoms with Gasteiger partial charge < -0.3 is 16.2 Å². The molecule has 4 N–H and O–H groups in total. The molecule has 2 saturated carbocycles. The number of aliphatic carboxylic acids is 1. The van der Waals surface area contributed by atoms with Gasteiger partial charge >= 0.3 is 5.97 Å². The maximum absolute atomic E-state index is 12.5. The number of nitrogens with two attached hydrogens (primary N) is 1. The minimum absolute atomic E-state index is 0.270. The minimum Gasteiger partial charge on any atom is -0.480 e. The van der Waals surface area contributed by atoms with Crippen molar-refractivity contribution >= 4 is 11.9 Å². The lowest BCUT2D eigenvalue weighted by Gasteiger charge is -2.40. The van der Waals surface area contributed by atoms with E-state index in [1.165, 1.54) is 0 Å². The molecule has 5 nitrogen and oxygen atoms in total. The average Bonchev–Trinajstić information content (AvgIpc) is 2.39. The van der Waals surface area contributed by atoms with Crippen LogP contribution in [-0.2, 0) is 9.59 Å². The highest BCUT2D eigenvalue weighted by Crippen LogP contribution is 2.34. The molecular formula is C15H26N2O3. The van der Waals surface area contributed by atoms with Gasteiger partial charge in [0.15, 0.2) is 0 Å². The summed E-state index contributed by atoms with van der Waals surface area (Å²) in [4.78, 5) is 24.2. The molecule has 0 radical (unpaired) electrons. The number of carbonyl (C=O) groups excluding carboxylic acids is 1. The summed E-state index contributed by atoms with van der Waals surface area (Å²) in [6.07, 6.45) is 7.19. The largest absolute Gasteiger partial charge is 0.480 e. The number of hydrogen-bond donors (Lipinski definition) is 3. The first-order valence-corrected chi connectivity index (χ1v) is 7.73. The van der Waals surface area contributed by atoms with Crippen molar-refractivity contribution in [1.29, 1.82) is 0 Å². The molecule has 2 unspecified atom stereocenters. The maximum atomic E-state index is 12.5. The van der Waals surface area contributed by atoms with Crippen LogP contribution in [0.3, 0.4) is 0 Å². The lowest BCUT2D eigenvalue weighted by Crippen LogP contribution is -2.64. The highest BCUT2D eigenvalue weighted by molar-refractivity contribution is 5.92. The van der Waals surface area contributed by atoms with Crippen molar-refractivity contribution in [2.75, 3.05) is 0 Å². The zero-order chi connectivity index (χ0) is 14.8. The number of amides is 1. The van der Waals surface area contributed by atoms with Crippen LogP contribution in [0.2, 0.25) is 0 Å². The number of hydrogen-bond acceptors (Lipinski definition) is 3. The van der Waals surface area contributed by atoms with Crippen LogP contribution < -0.4 is 11.1 Å². The Morgan fingerprint density at radius 2 is 1.80 bits per heavy atom. The summed E-state index contributed by atoms with van der Waals surface area (Å²) in [5, 5.41) is 12.4. The van der Waals surface area contributed by atoms with Crippen molar-refractivity contribution < 1.29 is 14.7 Å². The van der Waals surface area contributed by atoms with Crippen LogP contribution in [0.25, 0.3) is 0 Å². The molecule has 0 spiro atoms. The van der Waals surface area contributed by atoms with Gasteiger partial charge in [0.05, 0.1) is 5.54 Å². The van der Waals surface area contributed by atoms with E-state index in [9.17, 15) is 14.7 Å². The molecule has 2 aliphatic carbocycles. The molecule has 20 heavy (non-hydrogen) atoms. The molecule has 0 aliphatic heterocycles. The van der Waals surface area contributed by atoms with E-state index >= 15 is 0 Å². The van der Waals surface area contributed by atoms with Gasteiger partial charge in [0, 0.05) is 0 Å². The van der Waals surface area contributed by atoms with E-state index in [1.54, 1.807) is 0 Å². The Morgan fingerprint density at radius 1 is 1.15 bits per heavy atom. The molecule has 2 rings (SSSR count). The highest BCUT2D eigenvalue weighted by Gasteiger charge is 2.46. The Morgan fingerprint density at radius 3 is 2.35 bits per heavy atom. The first kappa shape index (κ1) is 15.3. The molecule has 1 amide bonds. The average molecular weight is 282 g/mol. The van der Waals surface area contributed by atoms with Gasteiger partial charge in [0.1, 0.15) is 5.54 Å². The van der Waals surface area contributed by atoms with Gasteiger partial charge in [-0.25, -0.2) is 4.79 Å². The van der Waals surface area contributed by atoms with Gasteiger partial charge in [-0.3, -0.25) is 4.79 Å². The van der Waals surface area contributed by atoms with E-state index in [0.29, 0.717) is 31.6 Å². The standard InChI is InChI=1S/C15H26N2O3/c1-11-6-5-9-15(10-11,13(19)20)17-12(18)14(16)7-3-2-4-8-14/h11H,2-10,16H2,1H3,(H,17,18)(H,19,20). The van der Waals surface area contributed by atoms with Crippen molar-refractivity contribution in [3.8, 4) is 0 Å². The van der Waals surface area contributed by atoms with Gasteiger partial charge in [0.25, 0.3) is 0 Å². The van der Waals surface area contributed by atoms with Gasteiger partial charge in [-0.15, -0.1) is 0 Å². The van der Waals surface area contributed by atoms with Crippen LogP contribution in [0.5, 0.6) is 0 Å². The Kier molecular flexibility index (Phi) is 4.37. The molecule has 0 heterocycles. The Labute approximate surface area is 120 Å². The summed E-state index contributed by atoms with van der Waals surface area (Å²) in [6.45, 7) is 2.04. The molecule has 114 valence electrons. The van der Waals surface area contributed by atoms with E-state index in [1.807, 2.05) is 6.92 Å². The second-order valence-electron chi connectivity index (χ2n) is 6.76. The monoisotopic (exact) mass is 282 g/mol. The molecule has 0 aromatic heterocycles. The molecule has 0 aromatic carbocycles. The van der Waals surface area contributed by atoms with Gasteiger partial charge in [-0.1, -0.05) is 39.0 Å². The molecule has 0 saturated heterocycles. The summed E-state index contributed by atoms with van der Waals surface area (Å²) in [7, 11) is 0. The third kappa shape index (κ3) is 2.97. The van der Waals surface area contributed by atoms with Gasteiger partial charge in [0.2, 0.25) is 5.91 Å². The predicted molar refractivity (Wildman–Crippen MR) is 76.1 cm³/mol. The fraction of sp³-hybridized carbons (Fsp3) is 0.867. The summed E-state index contributed by atoms with van der Waals surface area (Å²) in [6, 6.07) is 0. The smallest absolute Gasteiger partial charge is 0.329 e. The minimum atomic E-state index is -1.11. The third-order valence-electron chi connectivity index (χ3n) is 4.96. The van der Waals surface area contributed by atoms with E-state index in [-0.39, 0.29) is 5.91 Å². The van der Waals surface area contributed by atoms with Crippen LogP contribution in [0.15, 0.2) is 0 Å². The quantitative estimate of drug-likeness (QED) is 0.736. The first-order valence-electron chi connectivity index (χ1n) is 7.73. The van der Waals surface area contributed by atoms with Gasteiger partial charge in [-0.05, 0) is 31.6 Å². The van der Waals surface area contributed by atoms with Crippen molar-refractivity contribution in [3.05, 3.63) is 0 Å². The molecular weight excluding hydrogens is 256 g/mol. The zero-order valence-electron chi connectivity index (χ0n) is 12.3. The lowest BCUT2D eigenvalue weighted by atomic mass is 9.75. The van der Waals surface area contributed by atoms with Crippen LogP contribution >= 0.6 is 0 Å². The Hall–Kier alpha value is -1.10. The van der Waals surface area contributed by atoms with Gasteiger partial charge in [-0.2, -0.15) is 0 Å². The Bertz CT molecular complexity index is 391. The van der Waals surface area contributed by atoms with Crippen molar-refractivity contribution in [1.82, 2.24) is 5.32 Å². The molecule has 2 fully saturated rings. The molecule has 2 atom stereocenters. The number of carbonyl (C=O) groups is 2. The predicted octanol–water partition coefficient (Wildman–Crippen LogP) is 1.80. The summed E-state index contributed by atoms with van der Waals surface area (Å²) in [5.74, 6) is -0.870. The molecule has 0 bridgehead atoms. The van der Waals surface area contributed by atoms with E-state index < -0.39 is 17.0 Å². The Balaban J connectivity index is 2.11. The topological polar surface area (TPSA) is 92.4 Å². The van der Waals surface area contributed by atoms with E-state index in [2.05, 4.69) is 5.32 Å². The van der Waals surface area contributed by atoms with Crippen molar-refractivity contribution in [2.45, 2.75) is 75.8 Å².